The summed E-state index contributed by atoms with van der Waals surface area (Å²) in [6.07, 6.45) is 0. The Kier molecular flexibility index (Phi) is 3.13. The van der Waals surface area contributed by atoms with Crippen molar-refractivity contribution in [2.75, 3.05) is 5.32 Å². The van der Waals surface area contributed by atoms with E-state index in [2.05, 4.69) is 10.4 Å². The van der Waals surface area contributed by atoms with E-state index >= 15 is 0 Å². The molecule has 1 N–H and O–H groups in total. The highest BCUT2D eigenvalue weighted by Gasteiger charge is 2.04. The van der Waals surface area contributed by atoms with Gasteiger partial charge in [-0.2, -0.15) is 5.10 Å². The highest BCUT2D eigenvalue weighted by atomic mass is 19.1. The monoisotopic (exact) mass is 233 g/mol. The molecule has 4 heteroatoms. The molecule has 0 aliphatic heterocycles. The predicted octanol–water partition coefficient (Wildman–Crippen LogP) is 2.79. The fraction of sp³-hybridized carbons (Fsp3) is 0.308. The fourth-order valence-electron chi connectivity index (χ4n) is 1.79. The Bertz CT molecular complexity index is 531. The Balaban J connectivity index is 2.12. The van der Waals surface area contributed by atoms with Crippen LogP contribution in [0.5, 0.6) is 0 Å². The summed E-state index contributed by atoms with van der Waals surface area (Å²) in [4.78, 5) is 0. The molecule has 1 aromatic carbocycles. The summed E-state index contributed by atoms with van der Waals surface area (Å²) >= 11 is 0. The lowest BCUT2D eigenvalue weighted by Crippen LogP contribution is -2.06. The lowest BCUT2D eigenvalue weighted by molar-refractivity contribution is 0.628. The van der Waals surface area contributed by atoms with Gasteiger partial charge in [0.15, 0.2) is 0 Å². The van der Waals surface area contributed by atoms with Gasteiger partial charge in [-0.1, -0.05) is 6.07 Å². The first kappa shape index (κ1) is 11.6. The average Bonchev–Trinajstić information content (AvgIpc) is 2.59. The minimum atomic E-state index is -0.227. The maximum Gasteiger partial charge on any atom is 0.146 e. The topological polar surface area (TPSA) is 29.9 Å². The van der Waals surface area contributed by atoms with Crippen LogP contribution in [0, 0.1) is 19.7 Å². The summed E-state index contributed by atoms with van der Waals surface area (Å²) in [6, 6.07) is 7.03. The second-order valence-electron chi connectivity index (χ2n) is 4.24. The predicted molar refractivity (Wildman–Crippen MR) is 66.4 cm³/mol. The summed E-state index contributed by atoms with van der Waals surface area (Å²) in [7, 11) is 1.89. The van der Waals surface area contributed by atoms with Gasteiger partial charge >= 0.3 is 0 Å². The second kappa shape index (κ2) is 4.57. The highest BCUT2D eigenvalue weighted by molar-refractivity contribution is 5.47. The largest absolute Gasteiger partial charge is 0.377 e. The van der Waals surface area contributed by atoms with Crippen LogP contribution >= 0.6 is 0 Å². The molecule has 3 nitrogen and oxygen atoms in total. The highest BCUT2D eigenvalue weighted by Crippen LogP contribution is 2.16. The molecule has 0 amide bonds. The molecule has 0 bridgehead atoms. The minimum absolute atomic E-state index is 0.227. The van der Waals surface area contributed by atoms with E-state index in [4.69, 9.17) is 0 Å². The summed E-state index contributed by atoms with van der Waals surface area (Å²) in [5.41, 5.74) is 3.57. The molecule has 0 aliphatic carbocycles. The normalized spacial score (nSPS) is 10.6. The second-order valence-corrected chi connectivity index (χ2v) is 4.24. The molecule has 0 radical (unpaired) electrons. The van der Waals surface area contributed by atoms with E-state index in [0.717, 1.165) is 17.0 Å². The van der Waals surface area contributed by atoms with Crippen LogP contribution in [0.15, 0.2) is 24.3 Å². The lowest BCUT2D eigenvalue weighted by Gasteiger charge is -2.08. The van der Waals surface area contributed by atoms with Gasteiger partial charge in [-0.05, 0) is 37.6 Å². The number of rotatable bonds is 3. The summed E-state index contributed by atoms with van der Waals surface area (Å²) in [6.45, 7) is 4.45. The SMILES string of the molecule is Cc1ccc(F)c(NCc2cc(C)nn2C)c1. The van der Waals surface area contributed by atoms with Gasteiger partial charge in [0.1, 0.15) is 5.82 Å². The number of aromatic nitrogens is 2. The molecule has 0 unspecified atom stereocenters. The molecular weight excluding hydrogens is 217 g/mol. The molecule has 0 fully saturated rings. The lowest BCUT2D eigenvalue weighted by atomic mass is 10.2. The van der Waals surface area contributed by atoms with E-state index < -0.39 is 0 Å². The van der Waals surface area contributed by atoms with Crippen molar-refractivity contribution in [3.63, 3.8) is 0 Å². The standard InChI is InChI=1S/C13H16FN3/c1-9-4-5-12(14)13(6-9)15-8-11-7-10(2)16-17(11)3/h4-7,15H,8H2,1-3H3. The van der Waals surface area contributed by atoms with Crippen molar-refractivity contribution in [3.8, 4) is 0 Å². The van der Waals surface area contributed by atoms with Crippen LogP contribution < -0.4 is 5.32 Å². The van der Waals surface area contributed by atoms with Crippen molar-refractivity contribution in [1.29, 1.82) is 0 Å². The summed E-state index contributed by atoms with van der Waals surface area (Å²) in [5.74, 6) is -0.227. The van der Waals surface area contributed by atoms with E-state index in [9.17, 15) is 4.39 Å². The number of halogens is 1. The van der Waals surface area contributed by atoms with Crippen molar-refractivity contribution >= 4 is 5.69 Å². The number of aryl methyl sites for hydroxylation is 3. The van der Waals surface area contributed by atoms with Crippen LogP contribution in [0.2, 0.25) is 0 Å². The van der Waals surface area contributed by atoms with E-state index in [1.165, 1.54) is 6.07 Å². The maximum absolute atomic E-state index is 13.5. The number of nitrogens with one attached hydrogen (secondary N) is 1. The van der Waals surface area contributed by atoms with E-state index in [-0.39, 0.29) is 5.82 Å². The molecule has 17 heavy (non-hydrogen) atoms. The van der Waals surface area contributed by atoms with Gasteiger partial charge in [-0.3, -0.25) is 4.68 Å². The first-order valence-corrected chi connectivity index (χ1v) is 5.56. The zero-order valence-electron chi connectivity index (χ0n) is 10.3. The molecule has 2 aromatic rings. The van der Waals surface area contributed by atoms with E-state index in [1.807, 2.05) is 27.0 Å². The van der Waals surface area contributed by atoms with Gasteiger partial charge < -0.3 is 5.32 Å². The maximum atomic E-state index is 13.5. The molecular formula is C13H16FN3. The molecule has 2 rings (SSSR count). The van der Waals surface area contributed by atoms with Gasteiger partial charge in [0.05, 0.1) is 23.6 Å². The fourth-order valence-corrected chi connectivity index (χ4v) is 1.79. The molecule has 0 saturated carbocycles. The molecule has 0 saturated heterocycles. The molecule has 1 aromatic heterocycles. The first-order chi connectivity index (χ1) is 8.06. The van der Waals surface area contributed by atoms with E-state index in [0.29, 0.717) is 12.2 Å². The van der Waals surface area contributed by atoms with Crippen molar-refractivity contribution in [2.45, 2.75) is 20.4 Å². The third-order valence-electron chi connectivity index (χ3n) is 2.68. The van der Waals surface area contributed by atoms with Gasteiger partial charge in [0.25, 0.3) is 0 Å². The summed E-state index contributed by atoms with van der Waals surface area (Å²) in [5, 5.41) is 7.33. The Morgan fingerprint density at radius 2 is 2.06 bits per heavy atom. The minimum Gasteiger partial charge on any atom is -0.377 e. The van der Waals surface area contributed by atoms with Crippen molar-refractivity contribution in [1.82, 2.24) is 9.78 Å². The van der Waals surface area contributed by atoms with Crippen LogP contribution in [-0.4, -0.2) is 9.78 Å². The first-order valence-electron chi connectivity index (χ1n) is 5.56. The van der Waals surface area contributed by atoms with Gasteiger partial charge in [0, 0.05) is 7.05 Å². The Morgan fingerprint density at radius 3 is 2.71 bits per heavy atom. The average molecular weight is 233 g/mol. The molecule has 1 heterocycles. The van der Waals surface area contributed by atoms with Crippen molar-refractivity contribution in [2.24, 2.45) is 7.05 Å². The molecule has 0 aliphatic rings. The number of hydrogen-bond acceptors (Lipinski definition) is 2. The number of hydrogen-bond donors (Lipinski definition) is 1. The zero-order chi connectivity index (χ0) is 12.4. The molecule has 0 atom stereocenters. The van der Waals surface area contributed by atoms with E-state index in [1.54, 1.807) is 16.8 Å². The van der Waals surface area contributed by atoms with Crippen molar-refractivity contribution in [3.05, 3.63) is 47.0 Å². The van der Waals surface area contributed by atoms with Crippen LogP contribution in [0.1, 0.15) is 17.0 Å². The smallest absolute Gasteiger partial charge is 0.146 e. The Hall–Kier alpha value is -1.84. The van der Waals surface area contributed by atoms with Gasteiger partial charge in [-0.25, -0.2) is 4.39 Å². The van der Waals surface area contributed by atoms with Crippen LogP contribution in [-0.2, 0) is 13.6 Å². The summed E-state index contributed by atoms with van der Waals surface area (Å²) < 4.78 is 15.3. The van der Waals surface area contributed by atoms with Gasteiger partial charge in [-0.15, -0.1) is 0 Å². The third kappa shape index (κ3) is 2.64. The third-order valence-corrected chi connectivity index (χ3v) is 2.68. The number of anilines is 1. The number of benzene rings is 1. The van der Waals surface area contributed by atoms with Gasteiger partial charge in [0.2, 0.25) is 0 Å². The van der Waals surface area contributed by atoms with Crippen LogP contribution in [0.25, 0.3) is 0 Å². The Labute approximate surface area is 100 Å². The number of nitrogens with zero attached hydrogens (tertiary/aromatic N) is 2. The van der Waals surface area contributed by atoms with Crippen LogP contribution in [0.4, 0.5) is 10.1 Å². The quantitative estimate of drug-likeness (QED) is 0.883. The van der Waals surface area contributed by atoms with Crippen molar-refractivity contribution < 1.29 is 4.39 Å². The molecule has 90 valence electrons. The van der Waals surface area contributed by atoms with Crippen LogP contribution in [0.3, 0.4) is 0 Å². The Morgan fingerprint density at radius 1 is 1.29 bits per heavy atom. The zero-order valence-corrected chi connectivity index (χ0v) is 10.3. The molecule has 0 spiro atoms.